The summed E-state index contributed by atoms with van der Waals surface area (Å²) in [7, 11) is 0. The van der Waals surface area contributed by atoms with Crippen LogP contribution in [-0.2, 0) is 12.2 Å². The second-order valence-electron chi connectivity index (χ2n) is 5.20. The maximum Gasteiger partial charge on any atom is 0.210 e. The van der Waals surface area contributed by atoms with Crippen molar-refractivity contribution in [3.8, 4) is 5.75 Å². The van der Waals surface area contributed by atoms with Crippen molar-refractivity contribution < 1.29 is 4.74 Å². The van der Waals surface area contributed by atoms with Gasteiger partial charge < -0.3 is 10.1 Å². The standard InChI is InChI=1S/C17H20N4OS3/c1-3-7-15-18-12(10-23-15)11-24-17-21-20-16(25-17)19-13-8-5-6-9-14(13)22-4-2/h5-6,8-10H,3-4,7,11H2,1-2H3,(H,19,20). The summed E-state index contributed by atoms with van der Waals surface area (Å²) < 4.78 is 6.56. The number of hydrogen-bond acceptors (Lipinski definition) is 8. The maximum atomic E-state index is 5.63. The minimum absolute atomic E-state index is 0.629. The zero-order valence-corrected chi connectivity index (χ0v) is 16.6. The quantitative estimate of drug-likeness (QED) is 0.493. The van der Waals surface area contributed by atoms with Gasteiger partial charge in [0.05, 0.1) is 23.0 Å². The van der Waals surface area contributed by atoms with Gasteiger partial charge in [-0.25, -0.2) is 4.98 Å². The van der Waals surface area contributed by atoms with Gasteiger partial charge in [-0.3, -0.25) is 0 Å². The Kier molecular flexibility index (Phi) is 6.66. The third-order valence-corrected chi connectivity index (χ3v) is 6.20. The molecule has 5 nitrogen and oxygen atoms in total. The average molecular weight is 393 g/mol. The van der Waals surface area contributed by atoms with E-state index >= 15 is 0 Å². The Morgan fingerprint density at radius 3 is 2.92 bits per heavy atom. The molecular weight excluding hydrogens is 372 g/mol. The van der Waals surface area contributed by atoms with Gasteiger partial charge in [-0.15, -0.1) is 21.5 Å². The molecule has 3 aromatic rings. The lowest BCUT2D eigenvalue weighted by atomic mass is 10.3. The number of thiazole rings is 1. The number of nitrogens with one attached hydrogen (secondary N) is 1. The van der Waals surface area contributed by atoms with Gasteiger partial charge in [0.15, 0.2) is 4.34 Å². The molecule has 0 saturated carbocycles. The van der Waals surface area contributed by atoms with Crippen LogP contribution >= 0.6 is 34.4 Å². The van der Waals surface area contributed by atoms with Gasteiger partial charge in [0.1, 0.15) is 5.75 Å². The summed E-state index contributed by atoms with van der Waals surface area (Å²) in [5.41, 5.74) is 2.02. The highest BCUT2D eigenvalue weighted by atomic mass is 32.2. The molecule has 8 heteroatoms. The summed E-state index contributed by atoms with van der Waals surface area (Å²) in [4.78, 5) is 4.64. The lowest BCUT2D eigenvalue weighted by Gasteiger charge is -2.09. The van der Waals surface area contributed by atoms with Crippen LogP contribution in [0.1, 0.15) is 31.0 Å². The first-order chi connectivity index (χ1) is 12.3. The zero-order chi connectivity index (χ0) is 17.5. The molecule has 0 atom stereocenters. The average Bonchev–Trinajstić information content (AvgIpc) is 3.25. The number of nitrogens with zero attached hydrogens (tertiary/aromatic N) is 3. The molecule has 2 aromatic heterocycles. The molecule has 0 spiro atoms. The second-order valence-corrected chi connectivity index (χ2v) is 8.34. The third kappa shape index (κ3) is 5.17. The first-order valence-electron chi connectivity index (χ1n) is 8.17. The van der Waals surface area contributed by atoms with E-state index in [-0.39, 0.29) is 0 Å². The SMILES string of the molecule is CCCc1nc(CSc2nnc(Nc3ccccc3OCC)s2)cs1. The summed E-state index contributed by atoms with van der Waals surface area (Å²) in [5.74, 6) is 1.64. The molecule has 2 heterocycles. The molecule has 132 valence electrons. The van der Waals surface area contributed by atoms with Crippen molar-refractivity contribution in [2.45, 2.75) is 36.8 Å². The summed E-state index contributed by atoms with van der Waals surface area (Å²) in [6.07, 6.45) is 2.19. The minimum Gasteiger partial charge on any atom is -0.492 e. The predicted molar refractivity (Wildman–Crippen MR) is 106 cm³/mol. The fraction of sp³-hybridized carbons (Fsp3) is 0.353. The molecule has 0 unspecified atom stereocenters. The number of aryl methyl sites for hydroxylation is 1. The molecule has 0 bridgehead atoms. The van der Waals surface area contributed by atoms with Gasteiger partial charge in [-0.1, -0.05) is 42.2 Å². The van der Waals surface area contributed by atoms with E-state index in [0.717, 1.165) is 45.2 Å². The van der Waals surface area contributed by atoms with Gasteiger partial charge in [-0.2, -0.15) is 0 Å². The molecule has 0 fully saturated rings. The molecule has 0 saturated heterocycles. The predicted octanol–water partition coefficient (Wildman–Crippen LogP) is 5.38. The monoisotopic (exact) mass is 392 g/mol. The highest BCUT2D eigenvalue weighted by Crippen LogP contribution is 2.32. The molecule has 0 aliphatic heterocycles. The second kappa shape index (κ2) is 9.17. The van der Waals surface area contributed by atoms with Crippen molar-refractivity contribution in [3.05, 3.63) is 40.3 Å². The highest BCUT2D eigenvalue weighted by molar-refractivity contribution is 8.00. The topological polar surface area (TPSA) is 59.9 Å². The van der Waals surface area contributed by atoms with Crippen LogP contribution in [-0.4, -0.2) is 21.8 Å². The van der Waals surface area contributed by atoms with Crippen molar-refractivity contribution in [2.75, 3.05) is 11.9 Å². The fourth-order valence-corrected chi connectivity index (χ4v) is 4.83. The van der Waals surface area contributed by atoms with Crippen LogP contribution in [0.3, 0.4) is 0 Å². The summed E-state index contributed by atoms with van der Waals surface area (Å²) in [6.45, 7) is 4.78. The number of ether oxygens (including phenoxy) is 1. The van der Waals surface area contributed by atoms with Crippen LogP contribution in [0.4, 0.5) is 10.8 Å². The number of thioether (sulfide) groups is 1. The number of benzene rings is 1. The molecule has 0 radical (unpaired) electrons. The Hall–Kier alpha value is -1.64. The van der Waals surface area contributed by atoms with Crippen LogP contribution in [0.2, 0.25) is 0 Å². The highest BCUT2D eigenvalue weighted by Gasteiger charge is 2.09. The van der Waals surface area contributed by atoms with E-state index in [4.69, 9.17) is 4.74 Å². The van der Waals surface area contributed by atoms with Crippen molar-refractivity contribution in [3.63, 3.8) is 0 Å². The summed E-state index contributed by atoms with van der Waals surface area (Å²) in [5, 5.41) is 15.9. The first kappa shape index (κ1) is 18.2. The van der Waals surface area contributed by atoms with E-state index in [2.05, 4.69) is 32.8 Å². The first-order valence-corrected chi connectivity index (χ1v) is 10.8. The Bertz CT molecular complexity index is 803. The van der Waals surface area contributed by atoms with Crippen molar-refractivity contribution >= 4 is 45.3 Å². The van der Waals surface area contributed by atoms with Crippen LogP contribution < -0.4 is 10.1 Å². The minimum atomic E-state index is 0.629. The van der Waals surface area contributed by atoms with E-state index in [0.29, 0.717) is 6.61 Å². The van der Waals surface area contributed by atoms with E-state index in [1.54, 1.807) is 34.4 Å². The number of anilines is 2. The summed E-state index contributed by atoms with van der Waals surface area (Å²) in [6, 6.07) is 7.85. The normalized spacial score (nSPS) is 10.8. The molecule has 0 amide bonds. The molecule has 3 rings (SSSR count). The Balaban J connectivity index is 1.58. The van der Waals surface area contributed by atoms with Crippen LogP contribution in [0.15, 0.2) is 34.0 Å². The van der Waals surface area contributed by atoms with Crippen LogP contribution in [0.25, 0.3) is 0 Å². The number of aromatic nitrogens is 3. The lowest BCUT2D eigenvalue weighted by molar-refractivity contribution is 0.342. The van der Waals surface area contributed by atoms with Gasteiger partial charge in [-0.05, 0) is 31.9 Å². The van der Waals surface area contributed by atoms with Crippen LogP contribution in [0, 0.1) is 0 Å². The number of rotatable bonds is 9. The molecular formula is C17H20N4OS3. The number of para-hydroxylation sites is 2. The zero-order valence-electron chi connectivity index (χ0n) is 14.2. The Morgan fingerprint density at radius 1 is 1.20 bits per heavy atom. The Labute approximate surface area is 159 Å². The lowest BCUT2D eigenvalue weighted by Crippen LogP contribution is -1.97. The van der Waals surface area contributed by atoms with Crippen molar-refractivity contribution in [1.82, 2.24) is 15.2 Å². The van der Waals surface area contributed by atoms with E-state index in [1.165, 1.54) is 5.01 Å². The fourth-order valence-electron chi connectivity index (χ4n) is 2.16. The Morgan fingerprint density at radius 2 is 2.08 bits per heavy atom. The van der Waals surface area contributed by atoms with Gasteiger partial charge in [0, 0.05) is 11.1 Å². The van der Waals surface area contributed by atoms with Gasteiger partial charge in [0.25, 0.3) is 0 Å². The van der Waals surface area contributed by atoms with E-state index in [9.17, 15) is 0 Å². The maximum absolute atomic E-state index is 5.63. The third-order valence-electron chi connectivity index (χ3n) is 3.24. The largest absolute Gasteiger partial charge is 0.492 e. The van der Waals surface area contributed by atoms with E-state index in [1.807, 2.05) is 31.2 Å². The van der Waals surface area contributed by atoms with Gasteiger partial charge in [0.2, 0.25) is 5.13 Å². The van der Waals surface area contributed by atoms with Crippen molar-refractivity contribution in [2.24, 2.45) is 0 Å². The molecule has 0 aliphatic carbocycles. The van der Waals surface area contributed by atoms with Gasteiger partial charge >= 0.3 is 0 Å². The molecule has 0 aliphatic rings. The molecule has 25 heavy (non-hydrogen) atoms. The smallest absolute Gasteiger partial charge is 0.210 e. The van der Waals surface area contributed by atoms with Crippen LogP contribution in [0.5, 0.6) is 5.75 Å². The molecule has 1 aromatic carbocycles. The summed E-state index contributed by atoms with van der Waals surface area (Å²) >= 11 is 4.95. The van der Waals surface area contributed by atoms with E-state index < -0.39 is 0 Å². The molecule has 1 N–H and O–H groups in total. The number of hydrogen-bond donors (Lipinski definition) is 1. The van der Waals surface area contributed by atoms with Crippen molar-refractivity contribution in [1.29, 1.82) is 0 Å².